The summed E-state index contributed by atoms with van der Waals surface area (Å²) in [7, 11) is 0. The molecule has 0 amide bonds. The molecule has 0 saturated heterocycles. The van der Waals surface area contributed by atoms with Crippen molar-refractivity contribution in [2.45, 2.75) is 58.9 Å². The van der Waals surface area contributed by atoms with E-state index in [1.165, 1.54) is 25.7 Å². The molecule has 1 aliphatic rings. The number of nitrogens with zero attached hydrogens (tertiary/aromatic N) is 3. The smallest absolute Gasteiger partial charge is 0.224 e. The second-order valence-electron chi connectivity index (χ2n) is 6.13. The van der Waals surface area contributed by atoms with E-state index in [0.717, 1.165) is 24.5 Å². The highest BCUT2D eigenvalue weighted by Crippen LogP contribution is 2.32. The Labute approximate surface area is 126 Å². The molecule has 112 valence electrons. The topological polar surface area (TPSA) is 55.0 Å². The molecule has 1 fully saturated rings. The van der Waals surface area contributed by atoms with Gasteiger partial charge in [-0.25, -0.2) is 4.98 Å². The van der Waals surface area contributed by atoms with E-state index >= 15 is 0 Å². The Morgan fingerprint density at radius 3 is 2.55 bits per heavy atom. The summed E-state index contributed by atoms with van der Waals surface area (Å²) in [5.41, 5.74) is 7.64. The van der Waals surface area contributed by atoms with Crippen molar-refractivity contribution in [1.82, 2.24) is 9.97 Å². The first-order valence-electron chi connectivity index (χ1n) is 7.55. The predicted molar refractivity (Wildman–Crippen MR) is 85.2 cm³/mol. The van der Waals surface area contributed by atoms with Gasteiger partial charge in [0.15, 0.2) is 5.82 Å². The standard InChI is InChI=1S/C15H25ClN4/c1-10(2)8-9-20(12-6-4-5-7-12)14-13(17)11(3)18-15(16)19-14/h10,12H,4-9,17H2,1-3H3. The minimum Gasteiger partial charge on any atom is -0.394 e. The summed E-state index contributed by atoms with van der Waals surface area (Å²) in [6.45, 7) is 7.36. The van der Waals surface area contributed by atoms with Crippen LogP contribution >= 0.6 is 11.6 Å². The van der Waals surface area contributed by atoms with Crippen molar-refractivity contribution >= 4 is 23.1 Å². The third kappa shape index (κ3) is 3.54. The molecule has 0 radical (unpaired) electrons. The second-order valence-corrected chi connectivity index (χ2v) is 6.47. The van der Waals surface area contributed by atoms with Gasteiger partial charge in [0.2, 0.25) is 5.28 Å². The monoisotopic (exact) mass is 296 g/mol. The SMILES string of the molecule is Cc1nc(Cl)nc(N(CCC(C)C)C2CCCC2)c1N. The molecule has 1 saturated carbocycles. The Hall–Kier alpha value is -1.03. The maximum atomic E-state index is 6.20. The fraction of sp³-hybridized carbons (Fsp3) is 0.733. The molecule has 1 aliphatic carbocycles. The second kappa shape index (κ2) is 6.61. The van der Waals surface area contributed by atoms with Gasteiger partial charge in [-0.15, -0.1) is 0 Å². The molecule has 4 nitrogen and oxygen atoms in total. The highest BCUT2D eigenvalue weighted by molar-refractivity contribution is 6.28. The van der Waals surface area contributed by atoms with Crippen molar-refractivity contribution in [2.24, 2.45) is 5.92 Å². The zero-order chi connectivity index (χ0) is 14.7. The summed E-state index contributed by atoms with van der Waals surface area (Å²) < 4.78 is 0. The largest absolute Gasteiger partial charge is 0.394 e. The van der Waals surface area contributed by atoms with Crippen LogP contribution in [0, 0.1) is 12.8 Å². The Morgan fingerprint density at radius 2 is 1.95 bits per heavy atom. The van der Waals surface area contributed by atoms with Crippen LogP contribution in [0.1, 0.15) is 51.6 Å². The number of nitrogen functional groups attached to an aromatic ring is 1. The maximum absolute atomic E-state index is 6.20. The van der Waals surface area contributed by atoms with Crippen LogP contribution in [0.3, 0.4) is 0 Å². The van der Waals surface area contributed by atoms with Crippen molar-refractivity contribution in [2.75, 3.05) is 17.2 Å². The number of hydrogen-bond acceptors (Lipinski definition) is 4. The molecule has 0 atom stereocenters. The summed E-state index contributed by atoms with van der Waals surface area (Å²) in [5, 5.41) is 0.291. The van der Waals surface area contributed by atoms with Crippen molar-refractivity contribution in [1.29, 1.82) is 0 Å². The molecule has 2 rings (SSSR count). The third-order valence-corrected chi connectivity index (χ3v) is 4.24. The number of hydrogen-bond donors (Lipinski definition) is 1. The van der Waals surface area contributed by atoms with Gasteiger partial charge in [-0.05, 0) is 43.7 Å². The lowest BCUT2D eigenvalue weighted by Gasteiger charge is -2.32. The molecular formula is C15H25ClN4. The molecular weight excluding hydrogens is 272 g/mol. The molecule has 0 bridgehead atoms. The van der Waals surface area contributed by atoms with E-state index in [1.807, 2.05) is 6.92 Å². The first kappa shape index (κ1) is 15.4. The lowest BCUT2D eigenvalue weighted by molar-refractivity contribution is 0.525. The average molecular weight is 297 g/mol. The molecule has 0 aromatic carbocycles. The van der Waals surface area contributed by atoms with Crippen LogP contribution in [0.25, 0.3) is 0 Å². The third-order valence-electron chi connectivity index (χ3n) is 4.07. The van der Waals surface area contributed by atoms with Gasteiger partial charge >= 0.3 is 0 Å². The van der Waals surface area contributed by atoms with Gasteiger partial charge in [0.1, 0.15) is 0 Å². The van der Waals surface area contributed by atoms with Gasteiger partial charge in [0, 0.05) is 12.6 Å². The van der Waals surface area contributed by atoms with E-state index in [-0.39, 0.29) is 0 Å². The van der Waals surface area contributed by atoms with Crippen molar-refractivity contribution in [3.05, 3.63) is 11.0 Å². The van der Waals surface area contributed by atoms with E-state index in [2.05, 4.69) is 28.7 Å². The van der Waals surface area contributed by atoms with Crippen LogP contribution in [0.5, 0.6) is 0 Å². The normalized spacial score (nSPS) is 16.1. The van der Waals surface area contributed by atoms with Crippen molar-refractivity contribution in [3.63, 3.8) is 0 Å². The van der Waals surface area contributed by atoms with Crippen LogP contribution in [-0.4, -0.2) is 22.6 Å². The summed E-state index contributed by atoms with van der Waals surface area (Å²) >= 11 is 6.03. The van der Waals surface area contributed by atoms with Crippen molar-refractivity contribution < 1.29 is 0 Å². The Bertz CT molecular complexity index is 455. The minimum absolute atomic E-state index is 0.291. The first-order chi connectivity index (χ1) is 9.49. The number of halogens is 1. The maximum Gasteiger partial charge on any atom is 0.224 e. The number of anilines is 2. The highest BCUT2D eigenvalue weighted by Gasteiger charge is 2.26. The molecule has 2 N–H and O–H groups in total. The Morgan fingerprint density at radius 1 is 1.30 bits per heavy atom. The van der Waals surface area contributed by atoms with Crippen LogP contribution < -0.4 is 10.6 Å². The van der Waals surface area contributed by atoms with Gasteiger partial charge in [-0.3, -0.25) is 0 Å². The molecule has 20 heavy (non-hydrogen) atoms. The van der Waals surface area contributed by atoms with Crippen LogP contribution in [0.4, 0.5) is 11.5 Å². The fourth-order valence-electron chi connectivity index (χ4n) is 2.83. The van der Waals surface area contributed by atoms with Crippen LogP contribution in [0.2, 0.25) is 5.28 Å². The summed E-state index contributed by atoms with van der Waals surface area (Å²) in [5.74, 6) is 1.49. The van der Waals surface area contributed by atoms with Crippen LogP contribution in [0.15, 0.2) is 0 Å². The van der Waals surface area contributed by atoms with Gasteiger partial charge < -0.3 is 10.6 Å². The summed E-state index contributed by atoms with van der Waals surface area (Å²) in [6, 6.07) is 0.543. The van der Waals surface area contributed by atoms with Gasteiger partial charge in [0.05, 0.1) is 11.4 Å². The molecule has 1 aromatic rings. The summed E-state index contributed by atoms with van der Waals surface area (Å²) in [4.78, 5) is 10.9. The Kier molecular flexibility index (Phi) is 5.08. The van der Waals surface area contributed by atoms with E-state index in [9.17, 15) is 0 Å². The molecule has 0 unspecified atom stereocenters. The minimum atomic E-state index is 0.291. The quantitative estimate of drug-likeness (QED) is 0.839. The number of rotatable bonds is 5. The van der Waals surface area contributed by atoms with Crippen molar-refractivity contribution in [3.8, 4) is 0 Å². The molecule has 1 heterocycles. The fourth-order valence-corrected chi connectivity index (χ4v) is 3.03. The Balaban J connectivity index is 2.29. The van der Waals surface area contributed by atoms with E-state index in [4.69, 9.17) is 17.3 Å². The number of nitrogens with two attached hydrogens (primary N) is 1. The molecule has 1 aromatic heterocycles. The number of aryl methyl sites for hydroxylation is 1. The lowest BCUT2D eigenvalue weighted by atomic mass is 10.1. The van der Waals surface area contributed by atoms with Crippen LogP contribution in [-0.2, 0) is 0 Å². The molecule has 0 aliphatic heterocycles. The van der Waals surface area contributed by atoms with Gasteiger partial charge in [-0.2, -0.15) is 4.98 Å². The van der Waals surface area contributed by atoms with E-state index in [0.29, 0.717) is 22.9 Å². The van der Waals surface area contributed by atoms with Gasteiger partial charge in [0.25, 0.3) is 0 Å². The highest BCUT2D eigenvalue weighted by atomic mass is 35.5. The molecule has 0 spiro atoms. The molecule has 5 heteroatoms. The lowest BCUT2D eigenvalue weighted by Crippen LogP contribution is -2.36. The van der Waals surface area contributed by atoms with E-state index in [1.54, 1.807) is 0 Å². The van der Waals surface area contributed by atoms with E-state index < -0.39 is 0 Å². The predicted octanol–water partition coefficient (Wildman–Crippen LogP) is 3.82. The zero-order valence-electron chi connectivity index (χ0n) is 12.7. The summed E-state index contributed by atoms with van der Waals surface area (Å²) in [6.07, 6.45) is 6.16. The zero-order valence-corrected chi connectivity index (χ0v) is 13.5. The average Bonchev–Trinajstić information content (AvgIpc) is 2.88. The van der Waals surface area contributed by atoms with Gasteiger partial charge in [-0.1, -0.05) is 26.7 Å². The first-order valence-corrected chi connectivity index (χ1v) is 7.93. The number of aromatic nitrogens is 2.